The lowest BCUT2D eigenvalue weighted by Crippen LogP contribution is -2.10. The Morgan fingerprint density at radius 2 is 2.15 bits per heavy atom. The summed E-state index contributed by atoms with van der Waals surface area (Å²) in [6.45, 7) is 4.74. The molecular weight excluding hydrogens is 164 g/mol. The maximum absolute atomic E-state index is 5.47. The first-order valence-corrected chi connectivity index (χ1v) is 4.54. The minimum absolute atomic E-state index is 0.682. The lowest BCUT2D eigenvalue weighted by Gasteiger charge is -2.12. The molecule has 1 aromatic carbocycles. The molecule has 0 fully saturated rings. The standard InChI is InChI=1S/C10H16N2O/c1-3-8-9(12-11)6-5-7-10(8)13-4-2/h5-7,12H,3-4,11H2,1-2H3. The number of rotatable bonds is 4. The fourth-order valence-corrected chi connectivity index (χ4v) is 1.36. The van der Waals surface area contributed by atoms with E-state index < -0.39 is 0 Å². The molecule has 0 spiro atoms. The van der Waals surface area contributed by atoms with Crippen molar-refractivity contribution in [2.24, 2.45) is 5.84 Å². The molecule has 3 nitrogen and oxygen atoms in total. The van der Waals surface area contributed by atoms with Gasteiger partial charge in [-0.05, 0) is 25.5 Å². The Hall–Kier alpha value is -1.22. The number of nitrogen functional groups attached to an aromatic ring is 1. The molecule has 1 aromatic rings. The SMILES string of the molecule is CCOc1cccc(NN)c1CC. The summed E-state index contributed by atoms with van der Waals surface area (Å²) < 4.78 is 5.47. The van der Waals surface area contributed by atoms with Crippen LogP contribution in [-0.2, 0) is 6.42 Å². The van der Waals surface area contributed by atoms with Gasteiger partial charge in [0.25, 0.3) is 0 Å². The highest BCUT2D eigenvalue weighted by Gasteiger charge is 2.05. The molecule has 0 heterocycles. The summed E-state index contributed by atoms with van der Waals surface area (Å²) >= 11 is 0. The van der Waals surface area contributed by atoms with E-state index in [4.69, 9.17) is 10.6 Å². The molecule has 0 saturated heterocycles. The smallest absolute Gasteiger partial charge is 0.124 e. The van der Waals surface area contributed by atoms with Crippen LogP contribution >= 0.6 is 0 Å². The largest absolute Gasteiger partial charge is 0.494 e. The average molecular weight is 180 g/mol. The monoisotopic (exact) mass is 180 g/mol. The van der Waals surface area contributed by atoms with Gasteiger partial charge in [0.05, 0.1) is 12.3 Å². The molecule has 0 bridgehead atoms. The number of ether oxygens (including phenoxy) is 1. The van der Waals surface area contributed by atoms with Crippen LogP contribution in [0.25, 0.3) is 0 Å². The Bertz CT molecular complexity index is 274. The van der Waals surface area contributed by atoms with Crippen LogP contribution in [0.5, 0.6) is 5.75 Å². The van der Waals surface area contributed by atoms with Gasteiger partial charge in [-0.25, -0.2) is 0 Å². The second-order valence-electron chi connectivity index (χ2n) is 2.71. The van der Waals surface area contributed by atoms with E-state index in [-0.39, 0.29) is 0 Å². The van der Waals surface area contributed by atoms with Crippen LogP contribution in [0.1, 0.15) is 19.4 Å². The predicted octanol–water partition coefficient (Wildman–Crippen LogP) is 1.93. The molecule has 0 aliphatic rings. The Morgan fingerprint density at radius 1 is 1.38 bits per heavy atom. The van der Waals surface area contributed by atoms with Crippen LogP contribution in [0.4, 0.5) is 5.69 Å². The molecule has 0 amide bonds. The van der Waals surface area contributed by atoms with E-state index in [9.17, 15) is 0 Å². The van der Waals surface area contributed by atoms with Crippen molar-refractivity contribution in [2.45, 2.75) is 20.3 Å². The van der Waals surface area contributed by atoms with Crippen LogP contribution in [0.15, 0.2) is 18.2 Å². The van der Waals surface area contributed by atoms with E-state index in [2.05, 4.69) is 12.3 Å². The second-order valence-corrected chi connectivity index (χ2v) is 2.71. The number of hydrazine groups is 1. The normalized spacial score (nSPS) is 9.77. The maximum Gasteiger partial charge on any atom is 0.124 e. The van der Waals surface area contributed by atoms with Gasteiger partial charge in [-0.15, -0.1) is 0 Å². The summed E-state index contributed by atoms with van der Waals surface area (Å²) in [7, 11) is 0. The number of nitrogens with one attached hydrogen (secondary N) is 1. The first kappa shape index (κ1) is 9.86. The van der Waals surface area contributed by atoms with Crippen LogP contribution in [-0.4, -0.2) is 6.61 Å². The van der Waals surface area contributed by atoms with Gasteiger partial charge in [0.1, 0.15) is 5.75 Å². The minimum Gasteiger partial charge on any atom is -0.494 e. The van der Waals surface area contributed by atoms with Gasteiger partial charge in [-0.2, -0.15) is 0 Å². The summed E-state index contributed by atoms with van der Waals surface area (Å²) in [6.07, 6.45) is 0.912. The van der Waals surface area contributed by atoms with Gasteiger partial charge in [0.2, 0.25) is 0 Å². The lowest BCUT2D eigenvalue weighted by atomic mass is 10.1. The molecule has 0 aliphatic carbocycles. The minimum atomic E-state index is 0.682. The molecule has 1 rings (SSSR count). The summed E-state index contributed by atoms with van der Waals surface area (Å²) in [5.41, 5.74) is 4.74. The third kappa shape index (κ3) is 2.12. The third-order valence-electron chi connectivity index (χ3n) is 1.94. The third-order valence-corrected chi connectivity index (χ3v) is 1.94. The van der Waals surface area contributed by atoms with Crippen LogP contribution < -0.4 is 16.0 Å². The molecule has 72 valence electrons. The highest BCUT2D eigenvalue weighted by Crippen LogP contribution is 2.26. The van der Waals surface area contributed by atoms with Gasteiger partial charge < -0.3 is 10.2 Å². The second kappa shape index (κ2) is 4.72. The number of nitrogens with two attached hydrogens (primary N) is 1. The Morgan fingerprint density at radius 3 is 2.69 bits per heavy atom. The molecule has 3 heteroatoms. The van der Waals surface area contributed by atoms with Crippen molar-refractivity contribution in [2.75, 3.05) is 12.0 Å². The Kier molecular flexibility index (Phi) is 3.58. The van der Waals surface area contributed by atoms with Crippen molar-refractivity contribution in [1.82, 2.24) is 0 Å². The van der Waals surface area contributed by atoms with Gasteiger partial charge in [0, 0.05) is 5.56 Å². The van der Waals surface area contributed by atoms with Crippen molar-refractivity contribution in [3.8, 4) is 5.75 Å². The topological polar surface area (TPSA) is 47.3 Å². The molecular formula is C10H16N2O. The van der Waals surface area contributed by atoms with E-state index in [0.29, 0.717) is 6.61 Å². The van der Waals surface area contributed by atoms with Gasteiger partial charge in [0.15, 0.2) is 0 Å². The first-order chi connectivity index (χ1) is 6.33. The fourth-order valence-electron chi connectivity index (χ4n) is 1.36. The van der Waals surface area contributed by atoms with Gasteiger partial charge in [-0.1, -0.05) is 13.0 Å². The average Bonchev–Trinajstić information content (AvgIpc) is 2.18. The van der Waals surface area contributed by atoms with E-state index in [1.54, 1.807) is 0 Å². The number of benzene rings is 1. The molecule has 3 N–H and O–H groups in total. The van der Waals surface area contributed by atoms with Crippen molar-refractivity contribution >= 4 is 5.69 Å². The zero-order valence-electron chi connectivity index (χ0n) is 8.13. The zero-order chi connectivity index (χ0) is 9.68. The molecule has 13 heavy (non-hydrogen) atoms. The summed E-state index contributed by atoms with van der Waals surface area (Å²) in [5.74, 6) is 6.30. The number of hydrogen-bond acceptors (Lipinski definition) is 3. The lowest BCUT2D eigenvalue weighted by molar-refractivity contribution is 0.337. The van der Waals surface area contributed by atoms with E-state index >= 15 is 0 Å². The van der Waals surface area contributed by atoms with Crippen molar-refractivity contribution < 1.29 is 4.74 Å². The summed E-state index contributed by atoms with van der Waals surface area (Å²) in [6, 6.07) is 5.84. The number of anilines is 1. The van der Waals surface area contributed by atoms with Crippen molar-refractivity contribution in [3.63, 3.8) is 0 Å². The zero-order valence-corrected chi connectivity index (χ0v) is 8.13. The van der Waals surface area contributed by atoms with E-state index in [1.807, 2.05) is 25.1 Å². The fraction of sp³-hybridized carbons (Fsp3) is 0.400. The molecule has 0 aromatic heterocycles. The Labute approximate surface area is 78.9 Å². The maximum atomic E-state index is 5.47. The van der Waals surface area contributed by atoms with Crippen LogP contribution in [0.3, 0.4) is 0 Å². The molecule has 0 unspecified atom stereocenters. The highest BCUT2D eigenvalue weighted by atomic mass is 16.5. The van der Waals surface area contributed by atoms with E-state index in [1.165, 1.54) is 0 Å². The molecule has 0 atom stereocenters. The predicted molar refractivity (Wildman–Crippen MR) is 54.8 cm³/mol. The molecule has 0 radical (unpaired) electrons. The Balaban J connectivity index is 3.03. The molecule has 0 aliphatic heterocycles. The van der Waals surface area contributed by atoms with Gasteiger partial charge in [-0.3, -0.25) is 5.84 Å². The number of hydrogen-bond donors (Lipinski definition) is 2. The highest BCUT2D eigenvalue weighted by molar-refractivity contribution is 5.56. The summed E-state index contributed by atoms with van der Waals surface area (Å²) in [5, 5.41) is 0. The van der Waals surface area contributed by atoms with Crippen LogP contribution in [0, 0.1) is 0 Å². The van der Waals surface area contributed by atoms with Crippen molar-refractivity contribution in [1.29, 1.82) is 0 Å². The quantitative estimate of drug-likeness (QED) is 0.550. The van der Waals surface area contributed by atoms with Crippen molar-refractivity contribution in [3.05, 3.63) is 23.8 Å². The molecule has 0 saturated carbocycles. The van der Waals surface area contributed by atoms with E-state index in [0.717, 1.165) is 23.4 Å². The van der Waals surface area contributed by atoms with Gasteiger partial charge >= 0.3 is 0 Å². The summed E-state index contributed by atoms with van der Waals surface area (Å²) in [4.78, 5) is 0. The van der Waals surface area contributed by atoms with Crippen LogP contribution in [0.2, 0.25) is 0 Å². The first-order valence-electron chi connectivity index (χ1n) is 4.54.